The maximum atomic E-state index is 12.8. The Morgan fingerprint density at radius 2 is 2.00 bits per heavy atom. The number of nitrogens with zero attached hydrogens (tertiary/aromatic N) is 2. The smallest absolute Gasteiger partial charge is 0.345 e. The first kappa shape index (κ1) is 17.9. The summed E-state index contributed by atoms with van der Waals surface area (Å²) in [6.07, 6.45) is 3.55. The van der Waals surface area contributed by atoms with Gasteiger partial charge in [0.2, 0.25) is 5.56 Å². The van der Waals surface area contributed by atoms with Crippen LogP contribution in [0.4, 0.5) is 0 Å². The number of carbonyl (C=O) groups excluding carboxylic acids is 1. The molecule has 0 atom stereocenters. The predicted molar refractivity (Wildman–Crippen MR) is 99.4 cm³/mol. The van der Waals surface area contributed by atoms with Crippen LogP contribution >= 0.6 is 11.3 Å². The number of carbonyl (C=O) groups is 2. The van der Waals surface area contributed by atoms with Gasteiger partial charge in [-0.15, -0.1) is 11.3 Å². The number of aromatic carboxylic acids is 1. The summed E-state index contributed by atoms with van der Waals surface area (Å²) in [5, 5.41) is 9.30. The zero-order valence-electron chi connectivity index (χ0n) is 14.9. The van der Waals surface area contributed by atoms with Crippen molar-refractivity contribution in [3.05, 3.63) is 55.6 Å². The number of aryl methyl sites for hydroxylation is 1. The van der Waals surface area contributed by atoms with Crippen molar-refractivity contribution in [1.82, 2.24) is 9.47 Å². The summed E-state index contributed by atoms with van der Waals surface area (Å²) < 4.78 is 7.52. The third-order valence-electron chi connectivity index (χ3n) is 5.41. The molecule has 1 fully saturated rings. The number of piperidine rings is 1. The molecule has 0 aromatic carbocycles. The van der Waals surface area contributed by atoms with Gasteiger partial charge in [-0.2, -0.15) is 0 Å². The van der Waals surface area contributed by atoms with Gasteiger partial charge in [0.15, 0.2) is 0 Å². The number of hydrogen-bond donors (Lipinski definition) is 1. The third kappa shape index (κ3) is 3.08. The minimum absolute atomic E-state index is 0.104. The van der Waals surface area contributed by atoms with Crippen LogP contribution in [-0.2, 0) is 23.8 Å². The van der Waals surface area contributed by atoms with Crippen molar-refractivity contribution in [1.29, 1.82) is 0 Å². The largest absolute Gasteiger partial charge is 0.477 e. The Balaban J connectivity index is 1.54. The first-order valence-corrected chi connectivity index (χ1v) is 9.68. The van der Waals surface area contributed by atoms with Crippen molar-refractivity contribution in [2.45, 2.75) is 24.9 Å². The predicted octanol–water partition coefficient (Wildman–Crippen LogP) is 1.85. The van der Waals surface area contributed by atoms with Gasteiger partial charge in [0.25, 0.3) is 5.91 Å². The highest BCUT2D eigenvalue weighted by Crippen LogP contribution is 2.44. The number of aromatic nitrogens is 1. The highest BCUT2D eigenvalue weighted by atomic mass is 32.1. The second-order valence-corrected chi connectivity index (χ2v) is 8.14. The first-order valence-electron chi connectivity index (χ1n) is 8.86. The summed E-state index contributed by atoms with van der Waals surface area (Å²) in [6, 6.07) is 4.70. The highest BCUT2D eigenvalue weighted by molar-refractivity contribution is 7.14. The lowest BCUT2D eigenvalue weighted by atomic mass is 9.82. The van der Waals surface area contributed by atoms with Crippen molar-refractivity contribution in [2.75, 3.05) is 19.7 Å². The maximum Gasteiger partial charge on any atom is 0.345 e. The number of ether oxygens (including phenoxy) is 1. The zero-order valence-corrected chi connectivity index (χ0v) is 15.8. The molecule has 0 radical (unpaired) electrons. The molecule has 2 aliphatic rings. The number of pyridine rings is 1. The number of carboxylic acids is 1. The Morgan fingerprint density at radius 1 is 1.26 bits per heavy atom. The number of fused-ring (bicyclic) bond motifs is 2. The minimum Gasteiger partial charge on any atom is -0.477 e. The van der Waals surface area contributed by atoms with Crippen LogP contribution in [0.15, 0.2) is 29.2 Å². The molecule has 0 bridgehead atoms. The lowest BCUT2D eigenvalue weighted by molar-refractivity contribution is -0.0926. The van der Waals surface area contributed by atoms with Gasteiger partial charge in [-0.1, -0.05) is 0 Å². The fourth-order valence-electron chi connectivity index (χ4n) is 3.91. The van der Waals surface area contributed by atoms with E-state index in [2.05, 4.69) is 0 Å². The Morgan fingerprint density at radius 3 is 2.67 bits per heavy atom. The average molecular weight is 388 g/mol. The summed E-state index contributed by atoms with van der Waals surface area (Å²) >= 11 is 1.33. The van der Waals surface area contributed by atoms with E-state index in [-0.39, 0.29) is 11.5 Å². The van der Waals surface area contributed by atoms with Crippen LogP contribution < -0.4 is 5.56 Å². The molecule has 27 heavy (non-hydrogen) atoms. The normalized spacial score (nSPS) is 18.3. The van der Waals surface area contributed by atoms with E-state index < -0.39 is 11.6 Å². The number of carboxylic acid groups (broad SMARTS) is 1. The molecule has 1 spiro atoms. The van der Waals surface area contributed by atoms with E-state index in [4.69, 9.17) is 4.74 Å². The lowest BCUT2D eigenvalue weighted by Gasteiger charge is -2.44. The van der Waals surface area contributed by atoms with Gasteiger partial charge in [0.05, 0.1) is 17.8 Å². The average Bonchev–Trinajstić information content (AvgIpc) is 3.11. The second kappa shape index (κ2) is 6.61. The fraction of sp³-hybridized carbons (Fsp3) is 0.421. The topological polar surface area (TPSA) is 88.8 Å². The highest BCUT2D eigenvalue weighted by Gasteiger charge is 2.43. The van der Waals surface area contributed by atoms with Crippen LogP contribution in [0.5, 0.6) is 0 Å². The molecule has 4 heterocycles. The Bertz CT molecular complexity index is 969. The van der Waals surface area contributed by atoms with Gasteiger partial charge < -0.3 is 19.3 Å². The Hall–Kier alpha value is -2.45. The molecule has 1 saturated heterocycles. The lowest BCUT2D eigenvalue weighted by Crippen LogP contribution is -2.48. The summed E-state index contributed by atoms with van der Waals surface area (Å²) in [7, 11) is 1.62. The van der Waals surface area contributed by atoms with Crippen LogP contribution in [-0.4, -0.2) is 46.1 Å². The van der Waals surface area contributed by atoms with Crippen molar-refractivity contribution in [3.8, 4) is 0 Å². The fourth-order valence-corrected chi connectivity index (χ4v) is 4.98. The molecule has 1 amide bonds. The van der Waals surface area contributed by atoms with Gasteiger partial charge in [-0.25, -0.2) is 4.79 Å². The summed E-state index contributed by atoms with van der Waals surface area (Å²) in [5.74, 6) is -1.01. The van der Waals surface area contributed by atoms with E-state index in [9.17, 15) is 19.5 Å². The SMILES string of the molecule is Cn1cc(C(=O)N2CCC3(CC2)OCCc2sc(C(=O)O)cc23)ccc1=O. The molecule has 2 aromatic heterocycles. The van der Waals surface area contributed by atoms with Crippen LogP contribution in [0.25, 0.3) is 0 Å². The molecule has 1 N–H and O–H groups in total. The summed E-state index contributed by atoms with van der Waals surface area (Å²) in [5.41, 5.74) is 0.810. The van der Waals surface area contributed by atoms with Gasteiger partial charge in [-0.05, 0) is 30.5 Å². The van der Waals surface area contributed by atoms with E-state index in [1.54, 1.807) is 30.3 Å². The van der Waals surface area contributed by atoms with E-state index in [1.165, 1.54) is 22.0 Å². The van der Waals surface area contributed by atoms with Crippen molar-refractivity contribution in [3.63, 3.8) is 0 Å². The maximum absolute atomic E-state index is 12.8. The minimum atomic E-state index is -0.910. The van der Waals surface area contributed by atoms with Gasteiger partial charge >= 0.3 is 5.97 Å². The van der Waals surface area contributed by atoms with E-state index in [0.29, 0.717) is 43.0 Å². The quantitative estimate of drug-likeness (QED) is 0.848. The molecular weight excluding hydrogens is 368 g/mol. The number of likely N-dealkylation sites (tertiary alicyclic amines) is 1. The molecule has 7 nitrogen and oxygen atoms in total. The molecule has 0 aliphatic carbocycles. The van der Waals surface area contributed by atoms with Gasteiger partial charge in [-0.3, -0.25) is 9.59 Å². The van der Waals surface area contributed by atoms with Crippen LogP contribution in [0.2, 0.25) is 0 Å². The second-order valence-electron chi connectivity index (χ2n) is 7.00. The Kier molecular flexibility index (Phi) is 4.39. The molecule has 0 saturated carbocycles. The number of rotatable bonds is 2. The Labute approximate surface area is 159 Å². The number of hydrogen-bond acceptors (Lipinski definition) is 5. The molecule has 2 aromatic rings. The van der Waals surface area contributed by atoms with E-state index in [0.717, 1.165) is 16.9 Å². The number of thiophene rings is 1. The molecule has 142 valence electrons. The standard InChI is InChI=1S/C19H20N2O5S/c1-20-11-12(2-3-16(20)22)17(23)21-7-5-19(6-8-21)13-10-15(18(24)25)27-14(13)4-9-26-19/h2-3,10-11H,4-9H2,1H3,(H,24,25). The molecule has 4 rings (SSSR count). The van der Waals surface area contributed by atoms with Gasteiger partial charge in [0, 0.05) is 43.7 Å². The molecule has 8 heteroatoms. The van der Waals surface area contributed by atoms with Crippen LogP contribution in [0, 0.1) is 0 Å². The van der Waals surface area contributed by atoms with E-state index >= 15 is 0 Å². The van der Waals surface area contributed by atoms with Crippen LogP contribution in [0.1, 0.15) is 43.3 Å². The molecular formula is C19H20N2O5S. The first-order chi connectivity index (χ1) is 12.9. The van der Waals surface area contributed by atoms with Crippen molar-refractivity contribution < 1.29 is 19.4 Å². The van der Waals surface area contributed by atoms with Crippen molar-refractivity contribution in [2.24, 2.45) is 7.05 Å². The van der Waals surface area contributed by atoms with E-state index in [1.807, 2.05) is 0 Å². The molecule has 0 unspecified atom stereocenters. The van der Waals surface area contributed by atoms with Gasteiger partial charge in [0.1, 0.15) is 4.88 Å². The third-order valence-corrected chi connectivity index (χ3v) is 6.59. The molecule has 2 aliphatic heterocycles. The summed E-state index contributed by atoms with van der Waals surface area (Å²) in [4.78, 5) is 38.8. The van der Waals surface area contributed by atoms with Crippen LogP contribution in [0.3, 0.4) is 0 Å². The summed E-state index contributed by atoms with van der Waals surface area (Å²) in [6.45, 7) is 1.63. The van der Waals surface area contributed by atoms with Crippen molar-refractivity contribution >= 4 is 23.2 Å². The zero-order chi connectivity index (χ0) is 19.2. The number of amides is 1. The monoisotopic (exact) mass is 388 g/mol.